The fourth-order valence-electron chi connectivity index (χ4n) is 2.28. The first kappa shape index (κ1) is 18.3. The molecule has 0 aliphatic carbocycles. The molecule has 0 saturated heterocycles. The lowest BCUT2D eigenvalue weighted by Crippen LogP contribution is -2.06. The van der Waals surface area contributed by atoms with Crippen LogP contribution in [0.25, 0.3) is 20.9 Å². The van der Waals surface area contributed by atoms with E-state index in [9.17, 15) is 0 Å². The molecule has 0 aliphatic heterocycles. The summed E-state index contributed by atoms with van der Waals surface area (Å²) in [6, 6.07) is 14.8. The Morgan fingerprint density at radius 2 is 1.16 bits per heavy atom. The normalized spacial score (nSPS) is 9.92. The molecule has 0 bridgehead atoms. The topological polar surface area (TPSA) is 116 Å². The summed E-state index contributed by atoms with van der Waals surface area (Å²) in [5.41, 5.74) is 20.2. The van der Waals surface area contributed by atoms with Gasteiger partial charge in [-0.3, -0.25) is 0 Å². The molecule has 0 aromatic heterocycles. The van der Waals surface area contributed by atoms with Crippen LogP contribution in [0.15, 0.2) is 58.8 Å². The van der Waals surface area contributed by atoms with Gasteiger partial charge >= 0.3 is 0 Å². The largest absolute Gasteiger partial charge is 0.355 e. The summed E-state index contributed by atoms with van der Waals surface area (Å²) >= 11 is 0. The molecule has 0 unspecified atom stereocenters. The number of rotatable bonds is 10. The van der Waals surface area contributed by atoms with E-state index in [0.29, 0.717) is 37.4 Å². The monoisotopic (exact) mass is 338 g/mol. The van der Waals surface area contributed by atoms with E-state index in [-0.39, 0.29) is 6.79 Å². The minimum atomic E-state index is 0.174. The SMILES string of the molecule is [N-]=[N+]=Nc1ccccc1CCOCOCCc1ccccc1N=[N+]=[N-]. The van der Waals surface area contributed by atoms with E-state index >= 15 is 0 Å². The Bertz CT molecular complexity index is 717. The van der Waals surface area contributed by atoms with E-state index < -0.39 is 0 Å². The van der Waals surface area contributed by atoms with Crippen molar-refractivity contribution in [2.75, 3.05) is 20.0 Å². The van der Waals surface area contributed by atoms with Crippen molar-refractivity contribution < 1.29 is 9.47 Å². The van der Waals surface area contributed by atoms with Crippen LogP contribution in [0.1, 0.15) is 11.1 Å². The maximum atomic E-state index is 8.54. The van der Waals surface area contributed by atoms with E-state index in [1.807, 2.05) is 36.4 Å². The Balaban J connectivity index is 1.68. The predicted octanol–water partition coefficient (Wildman–Crippen LogP) is 5.35. The van der Waals surface area contributed by atoms with Crippen molar-refractivity contribution in [2.24, 2.45) is 10.2 Å². The highest BCUT2D eigenvalue weighted by Gasteiger charge is 2.01. The second kappa shape index (κ2) is 10.7. The highest BCUT2D eigenvalue weighted by atomic mass is 16.7. The molecule has 0 N–H and O–H groups in total. The summed E-state index contributed by atoms with van der Waals surface area (Å²) < 4.78 is 10.9. The summed E-state index contributed by atoms with van der Waals surface area (Å²) in [7, 11) is 0. The first-order valence-corrected chi connectivity index (χ1v) is 7.76. The fourth-order valence-corrected chi connectivity index (χ4v) is 2.28. The average molecular weight is 338 g/mol. The van der Waals surface area contributed by atoms with Crippen LogP contribution in [-0.4, -0.2) is 20.0 Å². The van der Waals surface area contributed by atoms with Gasteiger partial charge in [-0.05, 0) is 35.0 Å². The van der Waals surface area contributed by atoms with Gasteiger partial charge in [0, 0.05) is 21.2 Å². The quantitative estimate of drug-likeness (QED) is 0.191. The third-order valence-electron chi connectivity index (χ3n) is 3.49. The molecule has 0 saturated carbocycles. The van der Waals surface area contributed by atoms with Gasteiger partial charge in [0.05, 0.1) is 13.2 Å². The summed E-state index contributed by atoms with van der Waals surface area (Å²) in [4.78, 5) is 5.63. The molecular weight excluding hydrogens is 320 g/mol. The Labute approximate surface area is 145 Å². The first-order chi connectivity index (χ1) is 12.3. The number of hydrogen-bond donors (Lipinski definition) is 0. The van der Waals surface area contributed by atoms with Gasteiger partial charge in [0.2, 0.25) is 0 Å². The Morgan fingerprint density at radius 3 is 1.60 bits per heavy atom. The first-order valence-electron chi connectivity index (χ1n) is 7.76. The van der Waals surface area contributed by atoms with Crippen molar-refractivity contribution in [2.45, 2.75) is 12.8 Å². The van der Waals surface area contributed by atoms with Crippen LogP contribution in [0.2, 0.25) is 0 Å². The van der Waals surface area contributed by atoms with Gasteiger partial charge in [-0.1, -0.05) is 58.8 Å². The molecule has 8 heteroatoms. The molecule has 0 amide bonds. The minimum absolute atomic E-state index is 0.174. The molecule has 25 heavy (non-hydrogen) atoms. The van der Waals surface area contributed by atoms with Crippen LogP contribution in [0, 0.1) is 0 Å². The van der Waals surface area contributed by atoms with E-state index in [1.54, 1.807) is 12.1 Å². The zero-order valence-corrected chi connectivity index (χ0v) is 13.7. The summed E-state index contributed by atoms with van der Waals surface area (Å²) in [6.45, 7) is 1.11. The molecule has 128 valence electrons. The molecule has 2 aromatic carbocycles. The van der Waals surface area contributed by atoms with Crippen molar-refractivity contribution in [3.05, 3.63) is 80.5 Å². The molecule has 0 aliphatic rings. The van der Waals surface area contributed by atoms with Crippen molar-refractivity contribution in [1.82, 2.24) is 0 Å². The van der Waals surface area contributed by atoms with Crippen LogP contribution in [0.4, 0.5) is 11.4 Å². The average Bonchev–Trinajstić information content (AvgIpc) is 2.64. The van der Waals surface area contributed by atoms with Crippen LogP contribution in [0.3, 0.4) is 0 Å². The molecule has 0 atom stereocenters. The summed E-state index contributed by atoms with van der Waals surface area (Å²) in [5.74, 6) is 0. The molecule has 0 fully saturated rings. The summed E-state index contributed by atoms with van der Waals surface area (Å²) in [6.07, 6.45) is 1.27. The van der Waals surface area contributed by atoms with Gasteiger partial charge in [-0.2, -0.15) is 0 Å². The molecule has 8 nitrogen and oxygen atoms in total. The molecule has 0 heterocycles. The molecule has 0 spiro atoms. The van der Waals surface area contributed by atoms with Crippen molar-refractivity contribution in [3.63, 3.8) is 0 Å². The minimum Gasteiger partial charge on any atom is -0.355 e. The van der Waals surface area contributed by atoms with E-state index in [0.717, 1.165) is 11.1 Å². The number of hydrogen-bond acceptors (Lipinski definition) is 4. The molecule has 0 radical (unpaired) electrons. The maximum Gasteiger partial charge on any atom is 0.146 e. The van der Waals surface area contributed by atoms with Gasteiger partial charge in [0.1, 0.15) is 6.79 Å². The van der Waals surface area contributed by atoms with Gasteiger partial charge in [-0.25, -0.2) is 0 Å². The summed E-state index contributed by atoms with van der Waals surface area (Å²) in [5, 5.41) is 7.30. The number of azide groups is 2. The van der Waals surface area contributed by atoms with Crippen LogP contribution in [-0.2, 0) is 22.3 Å². The maximum absolute atomic E-state index is 8.54. The number of ether oxygens (including phenoxy) is 2. The molecular formula is C17H18N6O2. The van der Waals surface area contributed by atoms with Crippen molar-refractivity contribution >= 4 is 11.4 Å². The van der Waals surface area contributed by atoms with E-state index in [2.05, 4.69) is 20.1 Å². The van der Waals surface area contributed by atoms with Gasteiger partial charge in [0.25, 0.3) is 0 Å². The van der Waals surface area contributed by atoms with Crippen molar-refractivity contribution in [1.29, 1.82) is 0 Å². The van der Waals surface area contributed by atoms with Gasteiger partial charge in [0.15, 0.2) is 0 Å². The van der Waals surface area contributed by atoms with Crippen LogP contribution in [0.5, 0.6) is 0 Å². The lowest BCUT2D eigenvalue weighted by atomic mass is 10.1. The Kier molecular flexibility index (Phi) is 7.84. The fraction of sp³-hybridized carbons (Fsp3) is 0.294. The van der Waals surface area contributed by atoms with Crippen molar-refractivity contribution in [3.8, 4) is 0 Å². The molecule has 2 rings (SSSR count). The lowest BCUT2D eigenvalue weighted by molar-refractivity contribution is -0.0516. The standard InChI is InChI=1S/C17H18N6O2/c18-22-20-16-7-3-1-5-14(16)9-11-24-13-25-12-10-15-6-2-4-8-17(15)21-23-19/h1-8H,9-13H2. The molecule has 2 aromatic rings. The second-order valence-electron chi connectivity index (χ2n) is 5.07. The second-order valence-corrected chi connectivity index (χ2v) is 5.07. The third-order valence-corrected chi connectivity index (χ3v) is 3.49. The lowest BCUT2D eigenvalue weighted by Gasteiger charge is -2.08. The number of nitrogens with zero attached hydrogens (tertiary/aromatic N) is 6. The highest BCUT2D eigenvalue weighted by Crippen LogP contribution is 2.20. The van der Waals surface area contributed by atoms with Gasteiger partial charge in [-0.15, -0.1) is 0 Å². The van der Waals surface area contributed by atoms with Crippen LogP contribution >= 0.6 is 0 Å². The third kappa shape index (κ3) is 6.18. The van der Waals surface area contributed by atoms with E-state index in [1.165, 1.54) is 0 Å². The Hall–Kier alpha value is -3.02. The van der Waals surface area contributed by atoms with Gasteiger partial charge < -0.3 is 9.47 Å². The Morgan fingerprint density at radius 1 is 0.720 bits per heavy atom. The zero-order chi connectivity index (χ0) is 17.7. The van der Waals surface area contributed by atoms with E-state index in [4.69, 9.17) is 20.5 Å². The highest BCUT2D eigenvalue weighted by molar-refractivity contribution is 5.46. The smallest absolute Gasteiger partial charge is 0.146 e. The predicted molar refractivity (Wildman–Crippen MR) is 94.7 cm³/mol. The van der Waals surface area contributed by atoms with Crippen LogP contribution < -0.4 is 0 Å². The zero-order valence-electron chi connectivity index (χ0n) is 13.7. The number of benzene rings is 2.